The molecule has 0 spiro atoms. The summed E-state index contributed by atoms with van der Waals surface area (Å²) in [5.74, 6) is -0.330. The minimum atomic E-state index is -3.83. The van der Waals surface area contributed by atoms with Gasteiger partial charge in [0.25, 0.3) is 9.05 Å². The van der Waals surface area contributed by atoms with Crippen LogP contribution in [0.1, 0.15) is 5.56 Å². The maximum absolute atomic E-state index is 13.2. The van der Waals surface area contributed by atoms with Gasteiger partial charge in [-0.15, -0.1) is 0 Å². The van der Waals surface area contributed by atoms with Gasteiger partial charge in [0.2, 0.25) is 0 Å². The molecule has 3 nitrogen and oxygen atoms in total. The van der Waals surface area contributed by atoms with Gasteiger partial charge in [-0.3, -0.25) is 0 Å². The van der Waals surface area contributed by atoms with Crippen LogP contribution in [0.25, 0.3) is 11.3 Å². The zero-order valence-corrected chi connectivity index (χ0v) is 11.4. The first-order chi connectivity index (χ1) is 8.30. The molecule has 0 unspecified atom stereocenters. The average molecular weight is 288 g/mol. The van der Waals surface area contributed by atoms with E-state index < -0.39 is 9.05 Å². The Morgan fingerprint density at radius 1 is 1.28 bits per heavy atom. The maximum Gasteiger partial charge on any atom is 0.263 e. The molecule has 0 saturated heterocycles. The van der Waals surface area contributed by atoms with Crippen molar-refractivity contribution < 1.29 is 12.8 Å². The number of benzene rings is 1. The Labute approximate surface area is 109 Å². The van der Waals surface area contributed by atoms with Gasteiger partial charge in [0.1, 0.15) is 10.7 Å². The maximum atomic E-state index is 13.2. The summed E-state index contributed by atoms with van der Waals surface area (Å²) in [7, 11) is 3.26. The molecular weight excluding hydrogens is 277 g/mol. The third kappa shape index (κ3) is 2.28. The Bertz CT molecular complexity index is 707. The summed E-state index contributed by atoms with van der Waals surface area (Å²) >= 11 is 0. The number of aryl methyl sites for hydroxylation is 2. The van der Waals surface area contributed by atoms with Gasteiger partial charge in [-0.25, -0.2) is 12.8 Å². The van der Waals surface area contributed by atoms with Crippen molar-refractivity contribution in [3.05, 3.63) is 41.8 Å². The van der Waals surface area contributed by atoms with Crippen LogP contribution in [0.2, 0.25) is 0 Å². The van der Waals surface area contributed by atoms with E-state index in [0.29, 0.717) is 16.8 Å². The lowest BCUT2D eigenvalue weighted by Gasteiger charge is -2.07. The standard InChI is InChI=1S/C12H11ClFNO2S/c1-8-7-9(3-4-10(8)14)12-11(18(13,16)17)5-6-15(12)2/h3-7H,1-2H3. The van der Waals surface area contributed by atoms with Crippen molar-refractivity contribution in [1.82, 2.24) is 4.57 Å². The first-order valence-electron chi connectivity index (χ1n) is 5.17. The molecule has 1 aromatic heterocycles. The fraction of sp³-hybridized carbons (Fsp3) is 0.167. The van der Waals surface area contributed by atoms with Gasteiger partial charge in [-0.05, 0) is 42.3 Å². The van der Waals surface area contributed by atoms with Gasteiger partial charge in [0, 0.05) is 23.9 Å². The van der Waals surface area contributed by atoms with Crippen LogP contribution in [0.4, 0.5) is 4.39 Å². The van der Waals surface area contributed by atoms with E-state index in [1.54, 1.807) is 30.8 Å². The van der Waals surface area contributed by atoms with Crippen LogP contribution in [0.5, 0.6) is 0 Å². The van der Waals surface area contributed by atoms with Crippen LogP contribution in [0, 0.1) is 12.7 Å². The fourth-order valence-corrected chi connectivity index (χ4v) is 2.93. The van der Waals surface area contributed by atoms with Crippen molar-refractivity contribution in [2.75, 3.05) is 0 Å². The van der Waals surface area contributed by atoms with E-state index in [1.165, 1.54) is 18.2 Å². The van der Waals surface area contributed by atoms with Gasteiger partial charge >= 0.3 is 0 Å². The molecule has 18 heavy (non-hydrogen) atoms. The number of halogens is 2. The third-order valence-electron chi connectivity index (χ3n) is 2.73. The van der Waals surface area contributed by atoms with Crippen molar-refractivity contribution in [2.24, 2.45) is 7.05 Å². The lowest BCUT2D eigenvalue weighted by atomic mass is 10.1. The summed E-state index contributed by atoms with van der Waals surface area (Å²) < 4.78 is 37.8. The monoisotopic (exact) mass is 287 g/mol. The second-order valence-electron chi connectivity index (χ2n) is 4.04. The summed E-state index contributed by atoms with van der Waals surface area (Å²) in [5.41, 5.74) is 1.51. The molecular formula is C12H11ClFNO2S. The van der Waals surface area contributed by atoms with Crippen molar-refractivity contribution in [1.29, 1.82) is 0 Å². The van der Waals surface area contributed by atoms with Crippen LogP contribution < -0.4 is 0 Å². The highest BCUT2D eigenvalue weighted by atomic mass is 35.7. The van der Waals surface area contributed by atoms with Gasteiger partial charge in [0.05, 0.1) is 5.69 Å². The van der Waals surface area contributed by atoms with Crippen molar-refractivity contribution in [3.63, 3.8) is 0 Å². The first-order valence-corrected chi connectivity index (χ1v) is 7.48. The predicted octanol–water partition coefficient (Wildman–Crippen LogP) is 3.07. The minimum Gasteiger partial charge on any atom is -0.349 e. The smallest absolute Gasteiger partial charge is 0.263 e. The SMILES string of the molecule is Cc1cc(-c2c(S(=O)(=O)Cl)ccn2C)ccc1F. The van der Waals surface area contributed by atoms with E-state index in [9.17, 15) is 12.8 Å². The number of nitrogens with zero attached hydrogens (tertiary/aromatic N) is 1. The van der Waals surface area contributed by atoms with Gasteiger partial charge in [-0.2, -0.15) is 0 Å². The first kappa shape index (κ1) is 13.1. The lowest BCUT2D eigenvalue weighted by molar-refractivity contribution is 0.609. The van der Waals surface area contributed by atoms with E-state index in [-0.39, 0.29) is 10.7 Å². The number of hydrogen-bond donors (Lipinski definition) is 0. The molecule has 0 radical (unpaired) electrons. The highest BCUT2D eigenvalue weighted by Gasteiger charge is 2.20. The highest BCUT2D eigenvalue weighted by molar-refractivity contribution is 8.13. The van der Waals surface area contributed by atoms with Crippen molar-refractivity contribution in [3.8, 4) is 11.3 Å². The Morgan fingerprint density at radius 2 is 1.94 bits per heavy atom. The molecule has 0 atom stereocenters. The number of aromatic nitrogens is 1. The largest absolute Gasteiger partial charge is 0.349 e. The lowest BCUT2D eigenvalue weighted by Crippen LogP contribution is -1.97. The summed E-state index contributed by atoms with van der Waals surface area (Å²) in [4.78, 5) is 0.0256. The quantitative estimate of drug-likeness (QED) is 0.796. The molecule has 0 aliphatic carbocycles. The minimum absolute atomic E-state index is 0.0256. The number of hydrogen-bond acceptors (Lipinski definition) is 2. The van der Waals surface area contributed by atoms with Gasteiger partial charge in [-0.1, -0.05) is 0 Å². The van der Waals surface area contributed by atoms with Gasteiger partial charge in [0.15, 0.2) is 0 Å². The molecule has 0 aliphatic rings. The molecule has 96 valence electrons. The summed E-state index contributed by atoms with van der Waals surface area (Å²) in [5, 5.41) is 0. The summed E-state index contributed by atoms with van der Waals surface area (Å²) in [6, 6.07) is 5.86. The van der Waals surface area contributed by atoms with Crippen molar-refractivity contribution >= 4 is 19.7 Å². The van der Waals surface area contributed by atoms with Gasteiger partial charge < -0.3 is 4.57 Å². The van der Waals surface area contributed by atoms with Crippen LogP contribution >= 0.6 is 10.7 Å². The van der Waals surface area contributed by atoms with E-state index in [4.69, 9.17) is 10.7 Å². The normalized spacial score (nSPS) is 11.8. The molecule has 1 heterocycles. The van der Waals surface area contributed by atoms with Crippen molar-refractivity contribution in [2.45, 2.75) is 11.8 Å². The molecule has 1 aromatic carbocycles. The molecule has 2 aromatic rings. The molecule has 0 N–H and O–H groups in total. The van der Waals surface area contributed by atoms with Crippen LogP contribution in [0.3, 0.4) is 0 Å². The molecule has 0 aliphatic heterocycles. The molecule has 0 bridgehead atoms. The van der Waals surface area contributed by atoms with Crippen LogP contribution in [-0.4, -0.2) is 13.0 Å². The zero-order chi connectivity index (χ0) is 13.5. The predicted molar refractivity (Wildman–Crippen MR) is 68.6 cm³/mol. The fourth-order valence-electron chi connectivity index (χ4n) is 1.84. The van der Waals surface area contributed by atoms with E-state index in [0.717, 1.165) is 0 Å². The second kappa shape index (κ2) is 4.40. The molecule has 0 fully saturated rings. The van der Waals surface area contributed by atoms with Crippen LogP contribution in [-0.2, 0) is 16.1 Å². The summed E-state index contributed by atoms with van der Waals surface area (Å²) in [6.07, 6.45) is 1.60. The topological polar surface area (TPSA) is 39.1 Å². The Hall–Kier alpha value is -1.33. The van der Waals surface area contributed by atoms with E-state index >= 15 is 0 Å². The Morgan fingerprint density at radius 3 is 2.50 bits per heavy atom. The Kier molecular flexibility index (Phi) is 3.21. The zero-order valence-electron chi connectivity index (χ0n) is 9.81. The van der Waals surface area contributed by atoms with E-state index in [2.05, 4.69) is 0 Å². The average Bonchev–Trinajstić information content (AvgIpc) is 2.64. The number of rotatable bonds is 2. The molecule has 0 saturated carbocycles. The molecule has 2 rings (SSSR count). The Balaban J connectivity index is 2.71. The second-order valence-corrected chi connectivity index (χ2v) is 6.58. The molecule has 0 amide bonds. The third-order valence-corrected chi connectivity index (χ3v) is 4.08. The van der Waals surface area contributed by atoms with E-state index in [1.807, 2.05) is 0 Å². The molecule has 6 heteroatoms. The van der Waals surface area contributed by atoms with Crippen LogP contribution in [0.15, 0.2) is 35.4 Å². The summed E-state index contributed by atoms with van der Waals surface area (Å²) in [6.45, 7) is 1.62. The highest BCUT2D eigenvalue weighted by Crippen LogP contribution is 2.31.